The predicted molar refractivity (Wildman–Crippen MR) is 71.9 cm³/mol. The van der Waals surface area contributed by atoms with Gasteiger partial charge in [0.15, 0.2) is 0 Å². The molecule has 0 aromatic carbocycles. The highest BCUT2D eigenvalue weighted by Crippen LogP contribution is 2.27. The van der Waals surface area contributed by atoms with Crippen molar-refractivity contribution in [3.8, 4) is 0 Å². The van der Waals surface area contributed by atoms with E-state index in [4.69, 9.17) is 0 Å². The molecule has 1 unspecified atom stereocenters. The van der Waals surface area contributed by atoms with Crippen molar-refractivity contribution in [2.24, 2.45) is 0 Å². The Balaban J connectivity index is 2.03. The van der Waals surface area contributed by atoms with Crippen LogP contribution in [0.2, 0.25) is 0 Å². The maximum Gasteiger partial charge on any atom is 0.00964 e. The van der Waals surface area contributed by atoms with Gasteiger partial charge in [-0.25, -0.2) is 0 Å². The maximum absolute atomic E-state index is 3.31. The number of nitrogens with zero attached hydrogens (tertiary/aromatic N) is 1. The molecule has 0 aliphatic heterocycles. The lowest BCUT2D eigenvalue weighted by Gasteiger charge is -2.21. The Bertz CT molecular complexity index is 166. The highest BCUT2D eigenvalue weighted by molar-refractivity contribution is 4.84. The SMILES string of the molecule is CCCCN(CCCCC(C)NC)C1CC1. The monoisotopic (exact) mass is 226 g/mol. The number of hydrogen-bond donors (Lipinski definition) is 1. The van der Waals surface area contributed by atoms with E-state index >= 15 is 0 Å². The molecule has 0 aromatic rings. The molecule has 2 nitrogen and oxygen atoms in total. The quantitative estimate of drug-likeness (QED) is 0.576. The van der Waals surface area contributed by atoms with E-state index in [1.165, 1.54) is 58.0 Å². The first-order valence-electron chi connectivity index (χ1n) is 7.19. The molecule has 1 atom stereocenters. The Morgan fingerprint density at radius 1 is 1.19 bits per heavy atom. The lowest BCUT2D eigenvalue weighted by Crippen LogP contribution is -2.28. The van der Waals surface area contributed by atoms with Gasteiger partial charge in [-0.05, 0) is 59.2 Å². The summed E-state index contributed by atoms with van der Waals surface area (Å²) in [5.74, 6) is 0. The van der Waals surface area contributed by atoms with Gasteiger partial charge >= 0.3 is 0 Å². The summed E-state index contributed by atoms with van der Waals surface area (Å²) in [6, 6.07) is 1.64. The number of rotatable bonds is 10. The zero-order chi connectivity index (χ0) is 11.8. The average molecular weight is 226 g/mol. The van der Waals surface area contributed by atoms with Crippen molar-refractivity contribution in [3.63, 3.8) is 0 Å². The Hall–Kier alpha value is -0.0800. The van der Waals surface area contributed by atoms with Gasteiger partial charge in [-0.3, -0.25) is 0 Å². The van der Waals surface area contributed by atoms with Crippen molar-refractivity contribution in [2.75, 3.05) is 20.1 Å². The first-order chi connectivity index (χ1) is 7.77. The van der Waals surface area contributed by atoms with E-state index in [0.29, 0.717) is 6.04 Å². The minimum atomic E-state index is 0.685. The van der Waals surface area contributed by atoms with Crippen LogP contribution >= 0.6 is 0 Å². The van der Waals surface area contributed by atoms with Crippen molar-refractivity contribution in [1.29, 1.82) is 0 Å². The average Bonchev–Trinajstić information content (AvgIpc) is 3.11. The Morgan fingerprint density at radius 2 is 1.88 bits per heavy atom. The fraction of sp³-hybridized carbons (Fsp3) is 1.00. The van der Waals surface area contributed by atoms with Gasteiger partial charge in [0, 0.05) is 12.1 Å². The van der Waals surface area contributed by atoms with Crippen LogP contribution in [0.25, 0.3) is 0 Å². The topological polar surface area (TPSA) is 15.3 Å². The molecule has 0 saturated heterocycles. The molecule has 1 aliphatic rings. The molecule has 1 fully saturated rings. The summed E-state index contributed by atoms with van der Waals surface area (Å²) >= 11 is 0. The minimum Gasteiger partial charge on any atom is -0.317 e. The molecule has 0 spiro atoms. The molecule has 96 valence electrons. The van der Waals surface area contributed by atoms with Crippen LogP contribution < -0.4 is 5.32 Å². The summed E-state index contributed by atoms with van der Waals surface area (Å²) in [7, 11) is 2.06. The van der Waals surface area contributed by atoms with E-state index in [-0.39, 0.29) is 0 Å². The van der Waals surface area contributed by atoms with Gasteiger partial charge in [-0.2, -0.15) is 0 Å². The second-order valence-corrected chi connectivity index (χ2v) is 5.31. The van der Waals surface area contributed by atoms with Crippen LogP contribution in [0.3, 0.4) is 0 Å². The summed E-state index contributed by atoms with van der Waals surface area (Å²) < 4.78 is 0. The third-order valence-corrected chi connectivity index (χ3v) is 3.69. The van der Waals surface area contributed by atoms with Crippen molar-refractivity contribution in [3.05, 3.63) is 0 Å². The first-order valence-corrected chi connectivity index (χ1v) is 7.19. The van der Waals surface area contributed by atoms with Crippen LogP contribution in [0, 0.1) is 0 Å². The van der Waals surface area contributed by atoms with E-state index < -0.39 is 0 Å². The van der Waals surface area contributed by atoms with E-state index in [1.54, 1.807) is 0 Å². The van der Waals surface area contributed by atoms with Crippen molar-refractivity contribution in [1.82, 2.24) is 10.2 Å². The summed E-state index contributed by atoms with van der Waals surface area (Å²) in [5.41, 5.74) is 0. The Morgan fingerprint density at radius 3 is 2.44 bits per heavy atom. The smallest absolute Gasteiger partial charge is 0.00964 e. The standard InChI is InChI=1S/C14H30N2/c1-4-5-11-16(14-9-10-14)12-7-6-8-13(2)15-3/h13-15H,4-12H2,1-3H3. The van der Waals surface area contributed by atoms with Crippen LogP contribution in [0.1, 0.15) is 58.8 Å². The van der Waals surface area contributed by atoms with Crippen LogP contribution in [-0.2, 0) is 0 Å². The highest BCUT2D eigenvalue weighted by Gasteiger charge is 2.27. The fourth-order valence-electron chi connectivity index (χ4n) is 2.19. The predicted octanol–water partition coefficient (Wildman–Crippen LogP) is 3.03. The van der Waals surface area contributed by atoms with Crippen LogP contribution in [-0.4, -0.2) is 37.1 Å². The number of hydrogen-bond acceptors (Lipinski definition) is 2. The summed E-state index contributed by atoms with van der Waals surface area (Å²) in [6.07, 6.45) is 9.70. The molecule has 1 N–H and O–H groups in total. The molecule has 0 radical (unpaired) electrons. The minimum absolute atomic E-state index is 0.685. The molecule has 1 rings (SSSR count). The van der Waals surface area contributed by atoms with Crippen molar-refractivity contribution >= 4 is 0 Å². The fourth-order valence-corrected chi connectivity index (χ4v) is 2.19. The highest BCUT2D eigenvalue weighted by atomic mass is 15.2. The van der Waals surface area contributed by atoms with E-state index in [2.05, 4.69) is 31.1 Å². The molecule has 1 saturated carbocycles. The van der Waals surface area contributed by atoms with Gasteiger partial charge in [0.1, 0.15) is 0 Å². The van der Waals surface area contributed by atoms with E-state index in [1.807, 2.05) is 0 Å². The molecule has 0 amide bonds. The second kappa shape index (κ2) is 8.08. The van der Waals surface area contributed by atoms with Gasteiger partial charge in [0.05, 0.1) is 0 Å². The normalized spacial score (nSPS) is 18.0. The molecule has 0 bridgehead atoms. The van der Waals surface area contributed by atoms with Crippen molar-refractivity contribution in [2.45, 2.75) is 70.9 Å². The summed E-state index contributed by atoms with van der Waals surface area (Å²) in [4.78, 5) is 2.73. The van der Waals surface area contributed by atoms with Crippen LogP contribution in [0.15, 0.2) is 0 Å². The zero-order valence-corrected chi connectivity index (χ0v) is 11.5. The van der Waals surface area contributed by atoms with Crippen molar-refractivity contribution < 1.29 is 0 Å². The molecule has 16 heavy (non-hydrogen) atoms. The summed E-state index contributed by atoms with van der Waals surface area (Å²) in [5, 5.41) is 3.31. The third-order valence-electron chi connectivity index (χ3n) is 3.69. The third kappa shape index (κ3) is 5.86. The lowest BCUT2D eigenvalue weighted by atomic mass is 10.1. The van der Waals surface area contributed by atoms with Gasteiger partial charge in [-0.1, -0.05) is 19.8 Å². The van der Waals surface area contributed by atoms with Crippen LogP contribution in [0.5, 0.6) is 0 Å². The molecule has 0 aromatic heterocycles. The first kappa shape index (κ1) is 14.0. The zero-order valence-electron chi connectivity index (χ0n) is 11.5. The molecule has 2 heteroatoms. The van der Waals surface area contributed by atoms with E-state index in [9.17, 15) is 0 Å². The molecule has 0 heterocycles. The molecular weight excluding hydrogens is 196 g/mol. The van der Waals surface area contributed by atoms with E-state index in [0.717, 1.165) is 6.04 Å². The van der Waals surface area contributed by atoms with Gasteiger partial charge in [0.25, 0.3) is 0 Å². The Labute approximate surface area is 102 Å². The molecular formula is C14H30N2. The summed E-state index contributed by atoms with van der Waals surface area (Å²) in [6.45, 7) is 7.24. The van der Waals surface area contributed by atoms with Crippen LogP contribution in [0.4, 0.5) is 0 Å². The Kier molecular flexibility index (Phi) is 7.06. The van der Waals surface area contributed by atoms with Gasteiger partial charge in [0.2, 0.25) is 0 Å². The largest absolute Gasteiger partial charge is 0.317 e. The number of nitrogens with one attached hydrogen (secondary N) is 1. The van der Waals surface area contributed by atoms with Gasteiger partial charge in [-0.15, -0.1) is 0 Å². The molecule has 1 aliphatic carbocycles. The van der Waals surface area contributed by atoms with Gasteiger partial charge < -0.3 is 10.2 Å². The number of unbranched alkanes of at least 4 members (excludes halogenated alkanes) is 2. The lowest BCUT2D eigenvalue weighted by molar-refractivity contribution is 0.252. The maximum atomic E-state index is 3.31. The second-order valence-electron chi connectivity index (χ2n) is 5.31.